The molecule has 0 bridgehead atoms. The minimum absolute atomic E-state index is 0.00109. The molecule has 6 heteroatoms. The Morgan fingerprint density at radius 3 is 1.13 bits per heavy atom. The molecule has 0 unspecified atom stereocenters. The highest BCUT2D eigenvalue weighted by Crippen LogP contribution is 2.39. The van der Waals surface area contributed by atoms with E-state index in [0.717, 1.165) is 47.9 Å². The molecule has 46 heavy (non-hydrogen) atoms. The molecule has 0 heterocycles. The van der Waals surface area contributed by atoms with Crippen molar-refractivity contribution in [2.24, 2.45) is 0 Å². The minimum atomic E-state index is -0.190. The molecule has 0 aliphatic heterocycles. The van der Waals surface area contributed by atoms with Crippen molar-refractivity contribution in [2.75, 3.05) is 13.1 Å². The number of aryl methyl sites for hydroxylation is 2. The third-order valence-corrected chi connectivity index (χ3v) is 8.72. The fraction of sp³-hybridized carbons (Fsp3) is 0.650. The summed E-state index contributed by atoms with van der Waals surface area (Å²) in [6, 6.07) is 8.30. The fourth-order valence-corrected chi connectivity index (χ4v) is 5.51. The van der Waals surface area contributed by atoms with Crippen molar-refractivity contribution in [3.8, 4) is 11.5 Å². The first kappa shape index (κ1) is 39.2. The van der Waals surface area contributed by atoms with Gasteiger partial charge in [-0.2, -0.15) is 0 Å². The average Bonchev–Trinajstić information content (AvgIpc) is 2.90. The largest absolute Gasteiger partial charge is 0.507 e. The Balaban J connectivity index is 1.73. The number of phenolic OH excluding ortho intramolecular Hbond substituents is 2. The molecular formula is C40H64N2O4. The van der Waals surface area contributed by atoms with Gasteiger partial charge < -0.3 is 20.8 Å². The predicted octanol–water partition coefficient (Wildman–Crippen LogP) is 8.65. The van der Waals surface area contributed by atoms with Crippen LogP contribution < -0.4 is 10.6 Å². The maximum absolute atomic E-state index is 12.6. The maximum Gasteiger partial charge on any atom is 0.220 e. The molecule has 0 fully saturated rings. The van der Waals surface area contributed by atoms with Crippen LogP contribution in [0.2, 0.25) is 0 Å². The van der Waals surface area contributed by atoms with Crippen LogP contribution in [-0.2, 0) is 44.1 Å². The summed E-state index contributed by atoms with van der Waals surface area (Å²) in [4.78, 5) is 25.1. The molecule has 0 saturated carbocycles. The first-order valence-electron chi connectivity index (χ1n) is 17.3. The second-order valence-corrected chi connectivity index (χ2v) is 17.2. The van der Waals surface area contributed by atoms with Gasteiger partial charge in [0.2, 0.25) is 11.8 Å². The number of hydrogen-bond acceptors (Lipinski definition) is 4. The van der Waals surface area contributed by atoms with Crippen LogP contribution in [0.4, 0.5) is 0 Å². The van der Waals surface area contributed by atoms with Crippen molar-refractivity contribution in [1.82, 2.24) is 10.6 Å². The molecular weight excluding hydrogens is 572 g/mol. The Labute approximate surface area is 280 Å². The SMILES string of the molecule is CC(C)(C)c1cc(CCC(=O)NCCCCCCNC(=O)CCc2cc(C(C)(C)C)cc(C(C)(C)C)c2O)c(O)c(C(C)(C)C)c1. The number of unbranched alkanes of at least 4 members (excludes halogenated alkanes) is 3. The molecule has 258 valence electrons. The normalized spacial score (nSPS) is 12.7. The third-order valence-electron chi connectivity index (χ3n) is 8.72. The summed E-state index contributed by atoms with van der Waals surface area (Å²) in [6.45, 7) is 26.8. The molecule has 2 aromatic carbocycles. The lowest BCUT2D eigenvalue weighted by Crippen LogP contribution is -2.25. The number of aromatic hydroxyl groups is 2. The van der Waals surface area contributed by atoms with Gasteiger partial charge in [-0.1, -0.05) is 120 Å². The zero-order valence-electron chi connectivity index (χ0n) is 31.1. The number of hydrogen-bond donors (Lipinski definition) is 4. The molecule has 2 amide bonds. The highest BCUT2D eigenvalue weighted by molar-refractivity contribution is 5.76. The van der Waals surface area contributed by atoms with Gasteiger partial charge in [0.25, 0.3) is 0 Å². The number of amides is 2. The van der Waals surface area contributed by atoms with E-state index in [0.29, 0.717) is 50.3 Å². The minimum Gasteiger partial charge on any atom is -0.507 e. The van der Waals surface area contributed by atoms with Crippen LogP contribution in [0.5, 0.6) is 11.5 Å². The first-order valence-corrected chi connectivity index (χ1v) is 17.3. The van der Waals surface area contributed by atoms with E-state index < -0.39 is 0 Å². The molecule has 0 aliphatic rings. The zero-order valence-corrected chi connectivity index (χ0v) is 31.1. The van der Waals surface area contributed by atoms with Gasteiger partial charge in [-0.3, -0.25) is 9.59 Å². The summed E-state index contributed by atoms with van der Waals surface area (Å²) in [6.07, 6.45) is 5.41. The Morgan fingerprint density at radius 1 is 0.522 bits per heavy atom. The zero-order chi connectivity index (χ0) is 35.1. The predicted molar refractivity (Wildman–Crippen MR) is 192 cm³/mol. The highest BCUT2D eigenvalue weighted by Gasteiger charge is 2.26. The quantitative estimate of drug-likeness (QED) is 0.165. The molecule has 0 aliphatic carbocycles. The second-order valence-electron chi connectivity index (χ2n) is 17.2. The molecule has 2 aromatic rings. The maximum atomic E-state index is 12.6. The van der Waals surface area contributed by atoms with Crippen LogP contribution in [0.15, 0.2) is 24.3 Å². The molecule has 2 rings (SSSR count). The van der Waals surface area contributed by atoms with E-state index in [1.807, 2.05) is 12.1 Å². The standard InChI is InChI=1S/C40H64N2O4/c1-37(2,3)29-23-27(35(45)31(25-29)39(7,8)9)17-19-33(43)41-21-15-13-14-16-22-42-34(44)20-18-28-24-30(38(4,5)6)26-32(36(28)46)40(10,11)12/h23-26,45-46H,13-22H2,1-12H3,(H,41,43)(H,42,44). The summed E-state index contributed by atoms with van der Waals surface area (Å²) in [5.74, 6) is 0.614. The smallest absolute Gasteiger partial charge is 0.220 e. The monoisotopic (exact) mass is 636 g/mol. The van der Waals surface area contributed by atoms with Crippen LogP contribution >= 0.6 is 0 Å². The first-order chi connectivity index (χ1) is 21.0. The van der Waals surface area contributed by atoms with Crippen molar-refractivity contribution in [3.05, 3.63) is 57.6 Å². The van der Waals surface area contributed by atoms with Gasteiger partial charge in [-0.25, -0.2) is 0 Å². The number of nitrogens with one attached hydrogen (secondary N) is 2. The van der Waals surface area contributed by atoms with Gasteiger partial charge in [0.05, 0.1) is 0 Å². The van der Waals surface area contributed by atoms with Crippen LogP contribution in [0.3, 0.4) is 0 Å². The van der Waals surface area contributed by atoms with Crippen LogP contribution in [0.1, 0.15) is 155 Å². The topological polar surface area (TPSA) is 98.7 Å². The summed E-state index contributed by atoms with van der Waals surface area (Å²) in [5, 5.41) is 28.0. The second kappa shape index (κ2) is 15.7. The van der Waals surface area contributed by atoms with Crippen molar-refractivity contribution in [3.63, 3.8) is 0 Å². The van der Waals surface area contributed by atoms with Crippen molar-refractivity contribution in [1.29, 1.82) is 0 Å². The number of benzene rings is 2. The van der Waals surface area contributed by atoms with Gasteiger partial charge in [0, 0.05) is 25.9 Å². The van der Waals surface area contributed by atoms with Gasteiger partial charge in [0.15, 0.2) is 0 Å². The van der Waals surface area contributed by atoms with Crippen molar-refractivity contribution in [2.45, 2.75) is 156 Å². The van der Waals surface area contributed by atoms with Crippen LogP contribution in [-0.4, -0.2) is 35.1 Å². The molecule has 0 radical (unpaired) electrons. The lowest BCUT2D eigenvalue weighted by Gasteiger charge is -2.27. The van der Waals surface area contributed by atoms with Crippen LogP contribution in [0.25, 0.3) is 0 Å². The van der Waals surface area contributed by atoms with E-state index in [1.54, 1.807) is 0 Å². The average molecular weight is 637 g/mol. The van der Waals surface area contributed by atoms with E-state index in [1.165, 1.54) is 11.1 Å². The van der Waals surface area contributed by atoms with Crippen molar-refractivity contribution < 1.29 is 19.8 Å². The number of rotatable bonds is 13. The van der Waals surface area contributed by atoms with Gasteiger partial charge in [-0.15, -0.1) is 0 Å². The highest BCUT2D eigenvalue weighted by atomic mass is 16.3. The van der Waals surface area contributed by atoms with Crippen molar-refractivity contribution >= 4 is 11.8 Å². The lowest BCUT2D eigenvalue weighted by atomic mass is 9.78. The van der Waals surface area contributed by atoms with Gasteiger partial charge in [0.1, 0.15) is 11.5 Å². The Hall–Kier alpha value is -3.02. The Morgan fingerprint density at radius 2 is 0.848 bits per heavy atom. The molecule has 0 saturated heterocycles. The van der Waals surface area contributed by atoms with E-state index in [-0.39, 0.29) is 33.5 Å². The molecule has 6 nitrogen and oxygen atoms in total. The summed E-state index contributed by atoms with van der Waals surface area (Å²) < 4.78 is 0. The molecule has 0 spiro atoms. The summed E-state index contributed by atoms with van der Waals surface area (Å²) in [7, 11) is 0. The number of carbonyl (C=O) groups is 2. The molecule has 0 aromatic heterocycles. The van der Waals surface area contributed by atoms with Gasteiger partial charge >= 0.3 is 0 Å². The number of phenols is 2. The Kier molecular flexibility index (Phi) is 13.4. The van der Waals surface area contributed by atoms with E-state index in [9.17, 15) is 19.8 Å². The third kappa shape index (κ3) is 12.0. The van der Waals surface area contributed by atoms with E-state index >= 15 is 0 Å². The summed E-state index contributed by atoms with van der Waals surface area (Å²) in [5.41, 5.74) is 5.37. The van der Waals surface area contributed by atoms with E-state index in [2.05, 4.69) is 106 Å². The van der Waals surface area contributed by atoms with Crippen LogP contribution in [0, 0.1) is 0 Å². The summed E-state index contributed by atoms with van der Waals surface area (Å²) >= 11 is 0. The lowest BCUT2D eigenvalue weighted by molar-refractivity contribution is -0.121. The van der Waals surface area contributed by atoms with Gasteiger partial charge in [-0.05, 0) is 80.7 Å². The molecule has 4 N–H and O–H groups in total. The fourth-order valence-electron chi connectivity index (χ4n) is 5.51. The molecule has 0 atom stereocenters. The van der Waals surface area contributed by atoms with E-state index in [4.69, 9.17) is 0 Å². The Bertz CT molecular complexity index is 1230. The number of carbonyl (C=O) groups excluding carboxylic acids is 2.